The number of halogens is 1. The molecule has 24 heavy (non-hydrogen) atoms. The highest BCUT2D eigenvalue weighted by molar-refractivity contribution is 6.30. The molecule has 0 spiro atoms. The van der Waals surface area contributed by atoms with Crippen molar-refractivity contribution in [3.8, 4) is 5.75 Å². The maximum absolute atomic E-state index is 12.7. The number of piperidine rings is 1. The van der Waals surface area contributed by atoms with Crippen LogP contribution in [0, 0.1) is 0 Å². The Morgan fingerprint density at radius 2 is 1.92 bits per heavy atom. The van der Waals surface area contributed by atoms with Crippen LogP contribution in [0.25, 0.3) is 0 Å². The Hall–Kier alpha value is -2.01. The molecule has 3 heterocycles. The monoisotopic (exact) mass is 345 g/mol. The summed E-state index contributed by atoms with van der Waals surface area (Å²) in [5.74, 6) is 0.946. The number of aromatic nitrogens is 2. The van der Waals surface area contributed by atoms with Gasteiger partial charge in [0.15, 0.2) is 0 Å². The topological polar surface area (TPSA) is 47.4 Å². The molecule has 0 unspecified atom stereocenters. The Bertz CT molecular complexity index is 733. The van der Waals surface area contributed by atoms with Crippen molar-refractivity contribution in [2.75, 3.05) is 13.1 Å². The first-order valence-corrected chi connectivity index (χ1v) is 8.85. The molecular formula is C18H20ClN3O2. The lowest BCUT2D eigenvalue weighted by Gasteiger charge is -2.32. The third-order valence-electron chi connectivity index (χ3n) is 4.81. The number of benzene rings is 1. The van der Waals surface area contributed by atoms with Crippen molar-refractivity contribution in [1.29, 1.82) is 0 Å². The molecule has 4 rings (SSSR count). The quantitative estimate of drug-likeness (QED) is 0.858. The van der Waals surface area contributed by atoms with Crippen LogP contribution in [0.1, 0.15) is 35.3 Å². The number of ether oxygens (including phenoxy) is 1. The van der Waals surface area contributed by atoms with Crippen LogP contribution in [0.5, 0.6) is 5.75 Å². The van der Waals surface area contributed by atoms with Gasteiger partial charge in [-0.1, -0.05) is 11.6 Å². The van der Waals surface area contributed by atoms with E-state index in [1.165, 1.54) is 0 Å². The van der Waals surface area contributed by atoms with Gasteiger partial charge in [-0.25, -0.2) is 0 Å². The number of hydrogen-bond donors (Lipinski definition) is 0. The Kier molecular flexibility index (Phi) is 4.19. The normalized spacial score (nSPS) is 17.8. The first-order valence-electron chi connectivity index (χ1n) is 8.47. The van der Waals surface area contributed by atoms with Crippen molar-refractivity contribution in [1.82, 2.24) is 14.7 Å². The molecule has 0 saturated carbocycles. The standard InChI is InChI=1S/C18H20ClN3O2/c19-13-3-5-14(6-4-13)24-15-7-10-21(11-8-15)18(23)16-12-20-22-9-1-2-17(16)22/h3-6,12,15H,1-2,7-11H2. The molecule has 6 heteroatoms. The zero-order chi connectivity index (χ0) is 16.5. The molecular weight excluding hydrogens is 326 g/mol. The molecule has 126 valence electrons. The summed E-state index contributed by atoms with van der Waals surface area (Å²) in [7, 11) is 0. The Balaban J connectivity index is 1.35. The number of likely N-dealkylation sites (tertiary alicyclic amines) is 1. The fourth-order valence-corrected chi connectivity index (χ4v) is 3.62. The molecule has 2 aromatic rings. The molecule has 2 aliphatic heterocycles. The fourth-order valence-electron chi connectivity index (χ4n) is 3.49. The third-order valence-corrected chi connectivity index (χ3v) is 5.06. The summed E-state index contributed by atoms with van der Waals surface area (Å²) in [6.07, 6.45) is 5.61. The van der Waals surface area contributed by atoms with Gasteiger partial charge in [0.1, 0.15) is 11.9 Å². The summed E-state index contributed by atoms with van der Waals surface area (Å²) < 4.78 is 7.95. The molecule has 1 aromatic carbocycles. The Morgan fingerprint density at radius 1 is 1.17 bits per heavy atom. The van der Waals surface area contributed by atoms with Crippen LogP contribution in [0.3, 0.4) is 0 Å². The maximum Gasteiger partial charge on any atom is 0.257 e. The van der Waals surface area contributed by atoms with Gasteiger partial charge in [-0.15, -0.1) is 0 Å². The summed E-state index contributed by atoms with van der Waals surface area (Å²) in [6, 6.07) is 7.43. The number of nitrogens with zero attached hydrogens (tertiary/aromatic N) is 3. The van der Waals surface area contributed by atoms with Crippen LogP contribution < -0.4 is 4.74 Å². The van der Waals surface area contributed by atoms with Crippen molar-refractivity contribution in [3.63, 3.8) is 0 Å². The first kappa shape index (κ1) is 15.5. The van der Waals surface area contributed by atoms with Gasteiger partial charge >= 0.3 is 0 Å². The van der Waals surface area contributed by atoms with Gasteiger partial charge in [-0.05, 0) is 37.1 Å². The summed E-state index contributed by atoms with van der Waals surface area (Å²) in [5, 5.41) is 5.03. The second-order valence-electron chi connectivity index (χ2n) is 6.39. The zero-order valence-corrected chi connectivity index (χ0v) is 14.2. The number of amides is 1. The van der Waals surface area contributed by atoms with Crippen molar-refractivity contribution < 1.29 is 9.53 Å². The van der Waals surface area contributed by atoms with Crippen LogP contribution in [0.2, 0.25) is 5.02 Å². The van der Waals surface area contributed by atoms with Crippen molar-refractivity contribution in [2.24, 2.45) is 0 Å². The van der Waals surface area contributed by atoms with Crippen LogP contribution in [-0.4, -0.2) is 39.8 Å². The van der Waals surface area contributed by atoms with E-state index in [-0.39, 0.29) is 12.0 Å². The van der Waals surface area contributed by atoms with Crippen molar-refractivity contribution >= 4 is 17.5 Å². The van der Waals surface area contributed by atoms with Gasteiger partial charge in [0.05, 0.1) is 17.5 Å². The number of rotatable bonds is 3. The van der Waals surface area contributed by atoms with E-state index in [1.54, 1.807) is 6.20 Å². The van der Waals surface area contributed by atoms with E-state index < -0.39 is 0 Å². The summed E-state index contributed by atoms with van der Waals surface area (Å²) >= 11 is 5.89. The third kappa shape index (κ3) is 3.00. The smallest absolute Gasteiger partial charge is 0.257 e. The molecule has 0 radical (unpaired) electrons. The number of carbonyl (C=O) groups excluding carboxylic acids is 1. The van der Waals surface area contributed by atoms with Gasteiger partial charge in [-0.2, -0.15) is 5.10 Å². The summed E-state index contributed by atoms with van der Waals surface area (Å²) in [6.45, 7) is 2.38. The predicted octanol–water partition coefficient (Wildman–Crippen LogP) is 3.17. The first-order chi connectivity index (χ1) is 11.7. The minimum atomic E-state index is 0.114. The second kappa shape index (κ2) is 6.48. The molecule has 5 nitrogen and oxygen atoms in total. The molecule has 1 saturated heterocycles. The Labute approximate surface area is 146 Å². The zero-order valence-electron chi connectivity index (χ0n) is 13.4. The van der Waals surface area contributed by atoms with Crippen LogP contribution >= 0.6 is 11.6 Å². The molecule has 0 N–H and O–H groups in total. The maximum atomic E-state index is 12.7. The van der Waals surface area contributed by atoms with E-state index in [9.17, 15) is 4.79 Å². The summed E-state index contributed by atoms with van der Waals surface area (Å²) in [5.41, 5.74) is 1.88. The van der Waals surface area contributed by atoms with Gasteiger partial charge in [-0.3, -0.25) is 9.48 Å². The van der Waals surface area contributed by atoms with Crippen LogP contribution in [0.15, 0.2) is 30.5 Å². The van der Waals surface area contributed by atoms with Crippen LogP contribution in [0.4, 0.5) is 0 Å². The minimum absolute atomic E-state index is 0.114. The van der Waals surface area contributed by atoms with E-state index >= 15 is 0 Å². The molecule has 0 bridgehead atoms. The number of aryl methyl sites for hydroxylation is 1. The highest BCUT2D eigenvalue weighted by Gasteiger charge is 2.28. The molecule has 1 aromatic heterocycles. The van der Waals surface area contributed by atoms with Gasteiger partial charge in [0.25, 0.3) is 5.91 Å². The number of fused-ring (bicyclic) bond motifs is 1. The van der Waals surface area contributed by atoms with E-state index in [4.69, 9.17) is 16.3 Å². The lowest BCUT2D eigenvalue weighted by Crippen LogP contribution is -2.42. The largest absolute Gasteiger partial charge is 0.490 e. The highest BCUT2D eigenvalue weighted by atomic mass is 35.5. The van der Waals surface area contributed by atoms with E-state index in [0.29, 0.717) is 5.02 Å². The molecule has 0 aliphatic carbocycles. The molecule has 2 aliphatic rings. The molecule has 1 amide bonds. The second-order valence-corrected chi connectivity index (χ2v) is 6.83. The van der Waals surface area contributed by atoms with Crippen molar-refractivity contribution in [3.05, 3.63) is 46.7 Å². The van der Waals surface area contributed by atoms with E-state index in [2.05, 4.69) is 5.10 Å². The number of hydrogen-bond acceptors (Lipinski definition) is 3. The van der Waals surface area contributed by atoms with Gasteiger partial charge in [0.2, 0.25) is 0 Å². The van der Waals surface area contributed by atoms with Crippen LogP contribution in [-0.2, 0) is 13.0 Å². The van der Waals surface area contributed by atoms with Gasteiger partial charge in [0, 0.05) is 37.5 Å². The lowest BCUT2D eigenvalue weighted by atomic mass is 10.1. The molecule has 0 atom stereocenters. The number of carbonyl (C=O) groups is 1. The average molecular weight is 346 g/mol. The van der Waals surface area contributed by atoms with Gasteiger partial charge < -0.3 is 9.64 Å². The lowest BCUT2D eigenvalue weighted by molar-refractivity contribution is 0.0594. The molecule has 1 fully saturated rings. The highest BCUT2D eigenvalue weighted by Crippen LogP contribution is 2.24. The van der Waals surface area contributed by atoms with Crippen molar-refractivity contribution in [2.45, 2.75) is 38.3 Å². The summed E-state index contributed by atoms with van der Waals surface area (Å²) in [4.78, 5) is 14.7. The Morgan fingerprint density at radius 3 is 2.67 bits per heavy atom. The SMILES string of the molecule is O=C(c1cnn2c1CCC2)N1CCC(Oc2ccc(Cl)cc2)CC1. The van der Waals surface area contributed by atoms with E-state index in [0.717, 1.165) is 62.3 Å². The average Bonchev–Trinajstić information content (AvgIpc) is 3.20. The minimum Gasteiger partial charge on any atom is -0.490 e. The van der Waals surface area contributed by atoms with E-state index in [1.807, 2.05) is 33.8 Å². The fraction of sp³-hybridized carbons (Fsp3) is 0.444. The predicted molar refractivity (Wildman–Crippen MR) is 91.6 cm³/mol.